The molecule has 1 aromatic carbocycles. The number of imidazole rings is 1. The molecule has 1 unspecified atom stereocenters. The third kappa shape index (κ3) is 4.43. The number of aromatic nitrogens is 6. The van der Waals surface area contributed by atoms with Gasteiger partial charge in [-0.1, -0.05) is 13.3 Å². The second-order valence-corrected chi connectivity index (χ2v) is 10.4. The number of alkyl halides is 3. The predicted molar refractivity (Wildman–Crippen MR) is 138 cm³/mol. The fourth-order valence-electron chi connectivity index (χ4n) is 5.85. The largest absolute Gasteiger partial charge is 0.418 e. The van der Waals surface area contributed by atoms with Gasteiger partial charge in [-0.3, -0.25) is 13.9 Å². The smallest absolute Gasteiger partial charge is 0.275 e. The van der Waals surface area contributed by atoms with Crippen LogP contribution in [0, 0.1) is 5.92 Å². The Bertz CT molecular complexity index is 1570. The highest BCUT2D eigenvalue weighted by Crippen LogP contribution is 2.44. The molecule has 39 heavy (non-hydrogen) atoms. The molecule has 0 radical (unpaired) electrons. The van der Waals surface area contributed by atoms with Gasteiger partial charge < -0.3 is 0 Å². The average molecular weight is 542 g/mol. The number of nitrogens with zero attached hydrogens (tertiary/aromatic N) is 8. The number of likely N-dealkylation sites (N-methyl/N-ethyl adjacent to an activating group) is 1. The Labute approximate surface area is 222 Å². The minimum Gasteiger partial charge on any atom is -0.275 e. The van der Waals surface area contributed by atoms with Crippen LogP contribution in [0.25, 0.3) is 22.6 Å². The van der Waals surface area contributed by atoms with Gasteiger partial charge in [-0.2, -0.15) is 13.2 Å². The molecule has 3 aromatic heterocycles. The molecule has 0 spiro atoms. The lowest BCUT2D eigenvalue weighted by Crippen LogP contribution is -2.45. The van der Waals surface area contributed by atoms with Gasteiger partial charge in [0.25, 0.3) is 0 Å². The van der Waals surface area contributed by atoms with Crippen LogP contribution in [0.15, 0.2) is 47.5 Å². The van der Waals surface area contributed by atoms with Crippen molar-refractivity contribution in [1.29, 1.82) is 0 Å². The van der Waals surface area contributed by atoms with Crippen LogP contribution in [0.2, 0.25) is 0 Å². The number of tetrazole rings is 1. The first-order valence-electron chi connectivity index (χ1n) is 13.0. The van der Waals surface area contributed by atoms with Crippen molar-refractivity contribution in [2.75, 3.05) is 20.3 Å². The molecular formula is C26H30F3N9O. The Morgan fingerprint density at radius 3 is 2.59 bits per heavy atom. The molecular weight excluding hydrogens is 511 g/mol. The van der Waals surface area contributed by atoms with Crippen molar-refractivity contribution in [2.45, 2.75) is 44.4 Å². The van der Waals surface area contributed by atoms with Crippen molar-refractivity contribution in [3.8, 4) is 17.1 Å². The molecule has 1 saturated carbocycles. The molecule has 6 rings (SSSR count). The van der Waals surface area contributed by atoms with Crippen LogP contribution in [-0.2, 0) is 13.2 Å². The number of rotatable bonds is 6. The van der Waals surface area contributed by atoms with Crippen LogP contribution in [0.3, 0.4) is 0 Å². The van der Waals surface area contributed by atoms with Gasteiger partial charge in [-0.05, 0) is 72.1 Å². The zero-order chi connectivity index (χ0) is 27.5. The maximum atomic E-state index is 13.8. The van der Waals surface area contributed by atoms with Crippen LogP contribution in [0.1, 0.15) is 43.2 Å². The van der Waals surface area contributed by atoms with E-state index in [1.165, 1.54) is 23.0 Å². The molecule has 1 aliphatic carbocycles. The average Bonchev–Trinajstić information content (AvgIpc) is 3.57. The number of aryl methyl sites for hydroxylation is 1. The summed E-state index contributed by atoms with van der Waals surface area (Å²) in [4.78, 5) is 15.7. The monoisotopic (exact) mass is 541 g/mol. The van der Waals surface area contributed by atoms with Crippen LogP contribution < -0.4 is 11.1 Å². The number of hydrogen-bond donors (Lipinski definition) is 1. The third-order valence-corrected chi connectivity index (χ3v) is 8.05. The Morgan fingerprint density at radius 1 is 1.18 bits per heavy atom. The summed E-state index contributed by atoms with van der Waals surface area (Å²) in [6.07, 6.45) is 1.37. The van der Waals surface area contributed by atoms with Crippen LogP contribution >= 0.6 is 0 Å². The summed E-state index contributed by atoms with van der Waals surface area (Å²) < 4.78 is 45.2. The Hall–Kier alpha value is -3.55. The highest BCUT2D eigenvalue weighted by molar-refractivity contribution is 5.63. The summed E-state index contributed by atoms with van der Waals surface area (Å²) in [7, 11) is 3.81. The fraction of sp³-hybridized carbons (Fsp3) is 0.462. The van der Waals surface area contributed by atoms with E-state index in [0.29, 0.717) is 23.0 Å². The lowest BCUT2D eigenvalue weighted by molar-refractivity contribution is -0.136. The molecule has 2 fully saturated rings. The van der Waals surface area contributed by atoms with E-state index >= 15 is 0 Å². The molecule has 2 atom stereocenters. The van der Waals surface area contributed by atoms with Gasteiger partial charge in [0.05, 0.1) is 29.6 Å². The normalized spacial score (nSPS) is 20.1. The summed E-state index contributed by atoms with van der Waals surface area (Å²) in [5.74, 6) is 1.00. The van der Waals surface area contributed by atoms with E-state index in [1.807, 2.05) is 12.1 Å². The highest BCUT2D eigenvalue weighted by atomic mass is 19.4. The summed E-state index contributed by atoms with van der Waals surface area (Å²) in [6.45, 7) is 3.72. The van der Waals surface area contributed by atoms with Crippen LogP contribution in [0.5, 0.6) is 0 Å². The SMILES string of the molecule is CCN1CN(C)C([C@@H](c2cc(-c3nnnn3C)cc(-n3cc4c(C(F)(F)F)cccn4c3=O)c2)C2CCC2)N1. The minimum atomic E-state index is -4.60. The van der Waals surface area contributed by atoms with Crippen molar-refractivity contribution >= 4 is 5.52 Å². The summed E-state index contributed by atoms with van der Waals surface area (Å²) in [5.41, 5.74) is 4.12. The van der Waals surface area contributed by atoms with Crippen LogP contribution in [0.4, 0.5) is 13.2 Å². The van der Waals surface area contributed by atoms with Gasteiger partial charge in [-0.25, -0.2) is 19.9 Å². The van der Waals surface area contributed by atoms with Gasteiger partial charge in [0.15, 0.2) is 5.82 Å². The van der Waals surface area contributed by atoms with Gasteiger partial charge in [0, 0.05) is 37.5 Å². The number of hydrogen-bond acceptors (Lipinski definition) is 7. The number of pyridine rings is 1. The fourth-order valence-corrected chi connectivity index (χ4v) is 5.85. The first-order chi connectivity index (χ1) is 18.7. The Kier molecular flexibility index (Phi) is 6.31. The molecule has 4 heterocycles. The van der Waals surface area contributed by atoms with Gasteiger partial charge >= 0.3 is 11.9 Å². The molecule has 0 amide bonds. The van der Waals surface area contributed by atoms with E-state index in [2.05, 4.69) is 44.8 Å². The van der Waals surface area contributed by atoms with E-state index in [0.717, 1.165) is 48.5 Å². The summed E-state index contributed by atoms with van der Waals surface area (Å²) >= 11 is 0. The quantitative estimate of drug-likeness (QED) is 0.401. The first-order valence-corrected chi connectivity index (χ1v) is 13.0. The van der Waals surface area contributed by atoms with Crippen molar-refractivity contribution < 1.29 is 13.2 Å². The molecule has 4 aromatic rings. The zero-order valence-corrected chi connectivity index (χ0v) is 21.9. The topological polar surface area (TPSA) is 88.5 Å². The van der Waals surface area contributed by atoms with E-state index in [1.54, 1.807) is 17.8 Å². The second-order valence-electron chi connectivity index (χ2n) is 10.4. The first kappa shape index (κ1) is 25.7. The number of benzene rings is 1. The predicted octanol–water partition coefficient (Wildman–Crippen LogP) is 3.24. The lowest BCUT2D eigenvalue weighted by atomic mass is 9.71. The molecule has 1 saturated heterocycles. The Balaban J connectivity index is 1.55. The van der Waals surface area contributed by atoms with Crippen molar-refractivity contribution in [3.05, 3.63) is 64.3 Å². The van der Waals surface area contributed by atoms with Gasteiger partial charge in [-0.15, -0.1) is 5.10 Å². The Morgan fingerprint density at radius 2 is 1.97 bits per heavy atom. The highest BCUT2D eigenvalue weighted by Gasteiger charge is 2.41. The van der Waals surface area contributed by atoms with Gasteiger partial charge in [0.1, 0.15) is 0 Å². The van der Waals surface area contributed by atoms with Crippen molar-refractivity contribution in [1.82, 2.24) is 44.5 Å². The number of nitrogens with one attached hydrogen (secondary N) is 1. The van der Waals surface area contributed by atoms with Crippen LogP contribution in [-0.4, -0.2) is 65.5 Å². The molecule has 13 heteroatoms. The molecule has 206 valence electrons. The maximum Gasteiger partial charge on any atom is 0.418 e. The molecule has 2 aliphatic rings. The summed E-state index contributed by atoms with van der Waals surface area (Å²) in [6, 6.07) is 7.95. The maximum absolute atomic E-state index is 13.8. The number of halogens is 3. The summed E-state index contributed by atoms with van der Waals surface area (Å²) in [5, 5.41) is 14.1. The van der Waals surface area contributed by atoms with E-state index in [9.17, 15) is 18.0 Å². The third-order valence-electron chi connectivity index (χ3n) is 8.05. The van der Waals surface area contributed by atoms with Gasteiger partial charge in [0.2, 0.25) is 0 Å². The van der Waals surface area contributed by atoms with E-state index < -0.39 is 17.4 Å². The molecule has 1 N–H and O–H groups in total. The van der Waals surface area contributed by atoms with E-state index in [-0.39, 0.29) is 17.6 Å². The molecule has 0 bridgehead atoms. The minimum absolute atomic E-state index is 0.0256. The number of hydrazine groups is 1. The lowest BCUT2D eigenvalue weighted by Gasteiger charge is -2.40. The molecule has 10 nitrogen and oxygen atoms in total. The number of fused-ring (bicyclic) bond motifs is 1. The standard InChI is InChI=1S/C26H30F3N9O/c1-4-36-15-34(2)24(31-36)22(16-7-5-8-16)17-11-18(23-30-32-33-35(23)3)13-19(12-17)38-14-21-20(26(27,28)29)9-6-10-37(21)25(38)39/h6,9-14,16,22,24,31H,4-5,7-8,15H2,1-3H3/t22-,24?/m1/s1. The zero-order valence-electron chi connectivity index (χ0n) is 21.9. The second kappa shape index (κ2) is 9.57. The van der Waals surface area contributed by atoms with Crippen molar-refractivity contribution in [3.63, 3.8) is 0 Å². The van der Waals surface area contributed by atoms with Crippen molar-refractivity contribution in [2.24, 2.45) is 13.0 Å². The van der Waals surface area contributed by atoms with E-state index in [4.69, 9.17) is 0 Å². The molecule has 1 aliphatic heterocycles.